The zero-order valence-electron chi connectivity index (χ0n) is 17.0. The number of methoxy groups -OCH3 is 2. The summed E-state index contributed by atoms with van der Waals surface area (Å²) >= 11 is 0. The maximum absolute atomic E-state index is 13.3. The summed E-state index contributed by atoms with van der Waals surface area (Å²) < 4.78 is 10.4. The van der Waals surface area contributed by atoms with Gasteiger partial charge in [0.25, 0.3) is 0 Å². The number of carbonyl (C=O) groups is 2. The fourth-order valence-corrected chi connectivity index (χ4v) is 5.22. The molecule has 1 unspecified atom stereocenters. The number of rotatable bonds is 2. The summed E-state index contributed by atoms with van der Waals surface area (Å²) in [5, 5.41) is 0. The van der Waals surface area contributed by atoms with Crippen LogP contribution in [0.25, 0.3) is 11.1 Å². The van der Waals surface area contributed by atoms with Gasteiger partial charge in [-0.3, -0.25) is 0 Å². The smallest absolute Gasteiger partial charge is 0.355 e. The van der Waals surface area contributed by atoms with Crippen LogP contribution in [0.2, 0.25) is 0 Å². The van der Waals surface area contributed by atoms with Crippen LogP contribution in [-0.2, 0) is 24.5 Å². The minimum atomic E-state index is -0.877. The highest BCUT2D eigenvalue weighted by Gasteiger charge is 2.62. The van der Waals surface area contributed by atoms with Crippen LogP contribution >= 0.6 is 0 Å². The highest BCUT2D eigenvalue weighted by Crippen LogP contribution is 2.60. The molecule has 0 fully saturated rings. The summed E-state index contributed by atoms with van der Waals surface area (Å²) in [5.41, 5.74) is 4.72. The molecule has 0 aromatic heterocycles. The lowest BCUT2D eigenvalue weighted by atomic mass is 9.68. The molecule has 5 nitrogen and oxygen atoms in total. The van der Waals surface area contributed by atoms with E-state index in [0.717, 1.165) is 27.8 Å². The quantitative estimate of drug-likeness (QED) is 0.721. The Labute approximate surface area is 174 Å². The van der Waals surface area contributed by atoms with Crippen molar-refractivity contribution in [2.24, 2.45) is 0 Å². The van der Waals surface area contributed by atoms with Crippen LogP contribution in [0, 0.1) is 0 Å². The number of hydrogen-bond acceptors (Lipinski definition) is 5. The van der Waals surface area contributed by atoms with Crippen molar-refractivity contribution in [3.63, 3.8) is 0 Å². The van der Waals surface area contributed by atoms with Gasteiger partial charge < -0.3 is 14.4 Å². The van der Waals surface area contributed by atoms with Crippen molar-refractivity contribution in [3.8, 4) is 11.1 Å². The van der Waals surface area contributed by atoms with Gasteiger partial charge >= 0.3 is 11.9 Å². The predicted octanol–water partition coefficient (Wildman–Crippen LogP) is 3.71. The molecule has 2 aromatic carbocycles. The lowest BCUT2D eigenvalue weighted by molar-refractivity contribution is -0.140. The first-order valence-electron chi connectivity index (χ1n) is 9.81. The number of esters is 2. The lowest BCUT2D eigenvalue weighted by Gasteiger charge is -2.38. The second-order valence-corrected chi connectivity index (χ2v) is 7.69. The Bertz CT molecular complexity index is 1140. The number of hydrogen-bond donors (Lipinski definition) is 0. The summed E-state index contributed by atoms with van der Waals surface area (Å²) in [6.45, 7) is 1.96. The molecule has 0 N–H and O–H groups in total. The third-order valence-corrected chi connectivity index (χ3v) is 6.28. The summed E-state index contributed by atoms with van der Waals surface area (Å²) in [6, 6.07) is 15.8. The van der Waals surface area contributed by atoms with Crippen LogP contribution in [0.1, 0.15) is 18.1 Å². The molecule has 1 spiro atoms. The van der Waals surface area contributed by atoms with E-state index in [4.69, 9.17) is 9.47 Å². The molecule has 2 aliphatic heterocycles. The first-order chi connectivity index (χ1) is 14.6. The largest absolute Gasteiger partial charge is 0.466 e. The Morgan fingerprint density at radius 2 is 1.47 bits per heavy atom. The molecule has 0 saturated carbocycles. The highest BCUT2D eigenvalue weighted by atomic mass is 16.5. The van der Waals surface area contributed by atoms with Gasteiger partial charge in [-0.2, -0.15) is 0 Å². The molecule has 2 aromatic rings. The molecule has 3 aliphatic rings. The van der Waals surface area contributed by atoms with Crippen molar-refractivity contribution >= 4 is 11.9 Å². The molecule has 1 aliphatic carbocycles. The van der Waals surface area contributed by atoms with Crippen LogP contribution in [0.4, 0.5) is 0 Å². The first kappa shape index (κ1) is 18.4. The maximum atomic E-state index is 13.3. The van der Waals surface area contributed by atoms with Crippen LogP contribution < -0.4 is 0 Å². The van der Waals surface area contributed by atoms with Crippen molar-refractivity contribution in [1.29, 1.82) is 0 Å². The van der Waals surface area contributed by atoms with Crippen molar-refractivity contribution in [3.05, 3.63) is 94.9 Å². The van der Waals surface area contributed by atoms with Crippen LogP contribution in [0.5, 0.6) is 0 Å². The fourth-order valence-electron chi connectivity index (χ4n) is 5.22. The van der Waals surface area contributed by atoms with Gasteiger partial charge in [-0.05, 0) is 34.8 Å². The molecule has 0 amide bonds. The zero-order valence-corrected chi connectivity index (χ0v) is 17.0. The van der Waals surface area contributed by atoms with E-state index >= 15 is 0 Å². The number of nitrogens with zero attached hydrogens (tertiary/aromatic N) is 1. The van der Waals surface area contributed by atoms with Gasteiger partial charge in [-0.15, -0.1) is 0 Å². The Hall–Kier alpha value is -3.60. The molecular formula is C25H21NO4. The average Bonchev–Trinajstić information content (AvgIpc) is 3.24. The molecule has 0 bridgehead atoms. The van der Waals surface area contributed by atoms with Crippen LogP contribution in [-0.4, -0.2) is 37.1 Å². The summed E-state index contributed by atoms with van der Waals surface area (Å²) in [6.07, 6.45) is 5.99. The van der Waals surface area contributed by atoms with E-state index in [9.17, 15) is 9.59 Å². The molecule has 2 heterocycles. The Balaban J connectivity index is 1.96. The monoisotopic (exact) mass is 399 g/mol. The van der Waals surface area contributed by atoms with Crippen LogP contribution in [0.15, 0.2) is 83.7 Å². The molecule has 150 valence electrons. The number of allylic oxidation sites excluding steroid dienone is 2. The lowest BCUT2D eigenvalue weighted by Crippen LogP contribution is -2.44. The second-order valence-electron chi connectivity index (χ2n) is 7.69. The van der Waals surface area contributed by atoms with Crippen molar-refractivity contribution in [1.82, 2.24) is 4.90 Å². The zero-order chi connectivity index (χ0) is 21.0. The molecule has 0 saturated heterocycles. The van der Waals surface area contributed by atoms with Gasteiger partial charge in [0.1, 0.15) is 5.70 Å². The maximum Gasteiger partial charge on any atom is 0.355 e. The summed E-state index contributed by atoms with van der Waals surface area (Å²) in [5.74, 6) is -1.09. The molecule has 1 atom stereocenters. The van der Waals surface area contributed by atoms with Gasteiger partial charge in [0.2, 0.25) is 0 Å². The molecular weight excluding hydrogens is 378 g/mol. The Morgan fingerprint density at radius 1 is 0.900 bits per heavy atom. The van der Waals surface area contributed by atoms with Gasteiger partial charge in [0, 0.05) is 6.20 Å². The van der Waals surface area contributed by atoms with Crippen molar-refractivity contribution in [2.75, 3.05) is 14.2 Å². The topological polar surface area (TPSA) is 55.8 Å². The van der Waals surface area contributed by atoms with E-state index < -0.39 is 17.4 Å². The van der Waals surface area contributed by atoms with Crippen LogP contribution in [0.3, 0.4) is 0 Å². The average molecular weight is 399 g/mol. The summed E-state index contributed by atoms with van der Waals surface area (Å²) in [4.78, 5) is 28.1. The van der Waals surface area contributed by atoms with Gasteiger partial charge in [-0.1, -0.05) is 60.7 Å². The van der Waals surface area contributed by atoms with E-state index in [1.807, 2.05) is 60.5 Å². The molecule has 5 heteroatoms. The predicted molar refractivity (Wildman–Crippen MR) is 112 cm³/mol. The van der Waals surface area contributed by atoms with Crippen molar-refractivity contribution in [2.45, 2.75) is 18.4 Å². The first-order valence-corrected chi connectivity index (χ1v) is 9.81. The number of ether oxygens (including phenoxy) is 2. The van der Waals surface area contributed by atoms with E-state index in [-0.39, 0.29) is 11.7 Å². The third kappa shape index (κ3) is 2.12. The number of benzene rings is 2. The van der Waals surface area contributed by atoms with Gasteiger partial charge in [0.05, 0.1) is 31.2 Å². The number of carbonyl (C=O) groups excluding carboxylic acids is 2. The van der Waals surface area contributed by atoms with E-state index in [1.54, 1.807) is 0 Å². The Morgan fingerprint density at radius 3 is 2.03 bits per heavy atom. The van der Waals surface area contributed by atoms with Crippen molar-refractivity contribution < 1.29 is 19.1 Å². The van der Waals surface area contributed by atoms with Gasteiger partial charge in [0.15, 0.2) is 0 Å². The minimum absolute atomic E-state index is 0.226. The number of fused-ring (bicyclic) bond motifs is 7. The molecule has 30 heavy (non-hydrogen) atoms. The highest BCUT2D eigenvalue weighted by molar-refractivity contribution is 6.07. The van der Waals surface area contributed by atoms with E-state index in [0.29, 0.717) is 5.57 Å². The molecule has 5 rings (SSSR count). The fraction of sp³-hybridized carbons (Fsp3) is 0.200. The standard InChI is InChI=1S/C25H21NO4/c1-15-12-13-20-25(21(23(27)29-2)22(24(28)30-3)26(20)14-15)18-10-6-4-8-16(18)17-9-5-7-11-19(17)25/h4-14,20H,1-3H3. The normalized spacial score (nSPS) is 19.9. The van der Waals surface area contributed by atoms with E-state index in [1.165, 1.54) is 14.2 Å². The Kier molecular flexibility index (Phi) is 3.97. The van der Waals surface area contributed by atoms with E-state index in [2.05, 4.69) is 18.2 Å². The third-order valence-electron chi connectivity index (χ3n) is 6.28. The SMILES string of the molecule is COC(=O)C1=C(C(=O)OC)C2(c3ccccc3-c3ccccc32)C2C=CC(C)=CN12. The van der Waals surface area contributed by atoms with Gasteiger partial charge in [-0.25, -0.2) is 9.59 Å². The summed E-state index contributed by atoms with van der Waals surface area (Å²) in [7, 11) is 2.68. The molecule has 0 radical (unpaired) electrons. The second kappa shape index (κ2) is 6.46. The minimum Gasteiger partial charge on any atom is -0.466 e.